The van der Waals surface area contributed by atoms with E-state index in [2.05, 4.69) is 29.1 Å². The number of hydrogen-bond acceptors (Lipinski definition) is 6. The van der Waals surface area contributed by atoms with Crippen molar-refractivity contribution in [1.82, 2.24) is 20.2 Å². The maximum absolute atomic E-state index is 12.7. The summed E-state index contributed by atoms with van der Waals surface area (Å²) in [6, 6.07) is 5.58. The minimum absolute atomic E-state index is 0.121. The van der Waals surface area contributed by atoms with Gasteiger partial charge in [-0.05, 0) is 30.0 Å². The average Bonchev–Trinajstić information content (AvgIpc) is 3.20. The van der Waals surface area contributed by atoms with Crippen LogP contribution in [0.2, 0.25) is 0 Å². The summed E-state index contributed by atoms with van der Waals surface area (Å²) in [5.74, 6) is 1.52. The molecule has 0 unspecified atom stereocenters. The Bertz CT molecular complexity index is 842. The van der Waals surface area contributed by atoms with Crippen LogP contribution in [0.5, 0.6) is 11.5 Å². The van der Waals surface area contributed by atoms with Gasteiger partial charge in [0.15, 0.2) is 11.5 Å². The second-order valence-corrected chi connectivity index (χ2v) is 7.28. The molecule has 0 saturated carbocycles. The molecule has 29 heavy (non-hydrogen) atoms. The highest BCUT2D eigenvalue weighted by Crippen LogP contribution is 2.32. The van der Waals surface area contributed by atoms with E-state index in [1.807, 2.05) is 18.2 Å². The fourth-order valence-electron chi connectivity index (χ4n) is 2.88. The Morgan fingerprint density at radius 2 is 2.00 bits per heavy atom. The molecular weight excluding hydrogens is 372 g/mol. The number of nitrogens with one attached hydrogen (secondary N) is 1. The van der Waals surface area contributed by atoms with Gasteiger partial charge in [-0.2, -0.15) is 0 Å². The first-order valence-corrected chi connectivity index (χ1v) is 9.73. The van der Waals surface area contributed by atoms with Crippen molar-refractivity contribution < 1.29 is 19.1 Å². The molecule has 0 spiro atoms. The Balaban J connectivity index is 1.52. The summed E-state index contributed by atoms with van der Waals surface area (Å²) in [6.07, 6.45) is 5.54. The Kier molecular flexibility index (Phi) is 6.99. The van der Waals surface area contributed by atoms with E-state index in [1.54, 1.807) is 4.90 Å². The predicted molar refractivity (Wildman–Crippen MR) is 106 cm³/mol. The quantitative estimate of drug-likeness (QED) is 0.697. The summed E-state index contributed by atoms with van der Waals surface area (Å²) < 4.78 is 10.6. The van der Waals surface area contributed by atoms with Crippen molar-refractivity contribution in [2.24, 2.45) is 5.92 Å². The number of nitrogens with zero attached hydrogens (tertiary/aromatic N) is 3. The van der Waals surface area contributed by atoms with Gasteiger partial charge >= 0.3 is 0 Å². The summed E-state index contributed by atoms with van der Waals surface area (Å²) in [5.41, 5.74) is 1.21. The number of ether oxygens (including phenoxy) is 2. The van der Waals surface area contributed by atoms with Crippen LogP contribution >= 0.6 is 0 Å². The largest absolute Gasteiger partial charge is 0.454 e. The number of benzene rings is 1. The zero-order valence-electron chi connectivity index (χ0n) is 16.8. The molecule has 3 rings (SSSR count). The van der Waals surface area contributed by atoms with E-state index in [0.717, 1.165) is 12.0 Å². The van der Waals surface area contributed by atoms with Gasteiger partial charge in [0.05, 0.1) is 6.20 Å². The van der Waals surface area contributed by atoms with Crippen LogP contribution in [0, 0.1) is 5.92 Å². The average molecular weight is 398 g/mol. The van der Waals surface area contributed by atoms with Gasteiger partial charge in [-0.3, -0.25) is 14.6 Å². The monoisotopic (exact) mass is 398 g/mol. The van der Waals surface area contributed by atoms with E-state index < -0.39 is 0 Å². The molecule has 2 amide bonds. The smallest absolute Gasteiger partial charge is 0.274 e. The van der Waals surface area contributed by atoms with Crippen LogP contribution in [0.15, 0.2) is 36.8 Å². The van der Waals surface area contributed by atoms with Crippen LogP contribution in [0.25, 0.3) is 0 Å². The molecule has 1 aliphatic heterocycles. The van der Waals surface area contributed by atoms with Crippen LogP contribution in [-0.2, 0) is 11.3 Å². The molecule has 1 aromatic heterocycles. The molecule has 1 aromatic carbocycles. The lowest BCUT2D eigenvalue weighted by Gasteiger charge is -2.23. The third-order valence-electron chi connectivity index (χ3n) is 4.58. The molecule has 8 heteroatoms. The van der Waals surface area contributed by atoms with E-state index in [0.29, 0.717) is 37.1 Å². The maximum atomic E-state index is 12.7. The van der Waals surface area contributed by atoms with Crippen molar-refractivity contribution in [1.29, 1.82) is 0 Å². The van der Waals surface area contributed by atoms with Crippen molar-refractivity contribution in [2.45, 2.75) is 33.2 Å². The molecular formula is C21H26N4O4. The molecule has 0 saturated heterocycles. The number of fused-ring (bicyclic) bond motifs is 1. The topological polar surface area (TPSA) is 93.7 Å². The fourth-order valence-corrected chi connectivity index (χ4v) is 2.88. The third kappa shape index (κ3) is 5.91. The summed E-state index contributed by atoms with van der Waals surface area (Å²) in [7, 11) is 0. The predicted octanol–water partition coefficient (Wildman–Crippen LogP) is 2.40. The molecule has 1 N–H and O–H groups in total. The number of aromatic nitrogens is 2. The number of amides is 2. The Morgan fingerprint density at radius 3 is 2.76 bits per heavy atom. The summed E-state index contributed by atoms with van der Waals surface area (Å²) >= 11 is 0. The lowest BCUT2D eigenvalue weighted by Crippen LogP contribution is -2.36. The van der Waals surface area contributed by atoms with Crippen LogP contribution < -0.4 is 14.8 Å². The highest BCUT2D eigenvalue weighted by molar-refractivity contribution is 5.92. The first-order valence-electron chi connectivity index (χ1n) is 9.73. The molecule has 1 aliphatic rings. The van der Waals surface area contributed by atoms with Crippen molar-refractivity contribution in [2.75, 3.05) is 19.9 Å². The first kappa shape index (κ1) is 20.6. The fraction of sp³-hybridized carbons (Fsp3) is 0.429. The second-order valence-electron chi connectivity index (χ2n) is 7.28. The molecule has 0 fully saturated rings. The van der Waals surface area contributed by atoms with Gasteiger partial charge in [0.25, 0.3) is 5.91 Å². The molecule has 0 aliphatic carbocycles. The molecule has 2 heterocycles. The molecule has 0 radical (unpaired) electrons. The molecule has 2 aromatic rings. The van der Waals surface area contributed by atoms with E-state index in [-0.39, 0.29) is 30.7 Å². The van der Waals surface area contributed by atoms with Crippen molar-refractivity contribution in [3.05, 3.63) is 48.0 Å². The second kappa shape index (κ2) is 9.86. The van der Waals surface area contributed by atoms with Crippen molar-refractivity contribution >= 4 is 11.8 Å². The SMILES string of the molecule is CC(C)CCN(CCC(=O)NCc1ccc2c(c1)OCO2)C(=O)c1cnccn1. The number of carbonyl (C=O) groups excluding carboxylic acids is 2. The number of rotatable bonds is 9. The van der Waals surface area contributed by atoms with Crippen molar-refractivity contribution in [3.8, 4) is 11.5 Å². The Labute approximate surface area is 170 Å². The van der Waals surface area contributed by atoms with Gasteiger partial charge < -0.3 is 19.7 Å². The van der Waals surface area contributed by atoms with Crippen LogP contribution in [0.4, 0.5) is 0 Å². The van der Waals surface area contributed by atoms with E-state index in [1.165, 1.54) is 18.6 Å². The standard InChI is InChI=1S/C21H26N4O4/c1-15(2)5-9-25(21(27)17-13-22-7-8-23-17)10-6-20(26)24-12-16-3-4-18-19(11-16)29-14-28-18/h3-4,7-8,11,13,15H,5-6,9-10,12,14H2,1-2H3,(H,24,26). The highest BCUT2D eigenvalue weighted by Gasteiger charge is 2.19. The maximum Gasteiger partial charge on any atom is 0.274 e. The molecule has 154 valence electrons. The Morgan fingerprint density at radius 1 is 1.17 bits per heavy atom. The summed E-state index contributed by atoms with van der Waals surface area (Å²) in [5, 5.41) is 2.89. The molecule has 0 atom stereocenters. The first-order chi connectivity index (χ1) is 14.0. The van der Waals surface area contributed by atoms with E-state index in [4.69, 9.17) is 9.47 Å². The van der Waals surface area contributed by atoms with Gasteiger partial charge in [-0.25, -0.2) is 4.98 Å². The zero-order valence-corrected chi connectivity index (χ0v) is 16.8. The summed E-state index contributed by atoms with van der Waals surface area (Å²) in [4.78, 5) is 34.8. The minimum Gasteiger partial charge on any atom is -0.454 e. The van der Waals surface area contributed by atoms with Crippen LogP contribution in [0.3, 0.4) is 0 Å². The lowest BCUT2D eigenvalue weighted by atomic mass is 10.1. The van der Waals surface area contributed by atoms with Crippen molar-refractivity contribution in [3.63, 3.8) is 0 Å². The van der Waals surface area contributed by atoms with Gasteiger partial charge in [-0.1, -0.05) is 19.9 Å². The Hall–Kier alpha value is -3.16. The normalized spacial score (nSPS) is 12.1. The van der Waals surface area contributed by atoms with E-state index in [9.17, 15) is 9.59 Å². The zero-order chi connectivity index (χ0) is 20.6. The van der Waals surface area contributed by atoms with Gasteiger partial charge in [0, 0.05) is 38.4 Å². The minimum atomic E-state index is -0.206. The van der Waals surface area contributed by atoms with Crippen LogP contribution in [-0.4, -0.2) is 46.6 Å². The number of hydrogen-bond donors (Lipinski definition) is 1. The van der Waals surface area contributed by atoms with Crippen LogP contribution in [0.1, 0.15) is 42.7 Å². The van der Waals surface area contributed by atoms with Gasteiger partial charge in [-0.15, -0.1) is 0 Å². The third-order valence-corrected chi connectivity index (χ3v) is 4.58. The number of carbonyl (C=O) groups is 2. The summed E-state index contributed by atoms with van der Waals surface area (Å²) in [6.45, 7) is 5.71. The van der Waals surface area contributed by atoms with Gasteiger partial charge in [0.1, 0.15) is 5.69 Å². The lowest BCUT2D eigenvalue weighted by molar-refractivity contribution is -0.121. The molecule has 8 nitrogen and oxygen atoms in total. The van der Waals surface area contributed by atoms with E-state index >= 15 is 0 Å². The molecule has 0 bridgehead atoms. The van der Waals surface area contributed by atoms with Gasteiger partial charge in [0.2, 0.25) is 12.7 Å². The highest BCUT2D eigenvalue weighted by atomic mass is 16.7.